The van der Waals surface area contributed by atoms with E-state index >= 15 is 0 Å². The maximum absolute atomic E-state index is 5.42. The van der Waals surface area contributed by atoms with E-state index < -0.39 is 0 Å². The lowest BCUT2D eigenvalue weighted by molar-refractivity contribution is -0.137. The van der Waals surface area contributed by atoms with Gasteiger partial charge in [0.1, 0.15) is 0 Å². The number of ether oxygens (including phenoxy) is 1. The fourth-order valence-electron chi connectivity index (χ4n) is 2.92. The quantitative estimate of drug-likeness (QED) is 0.690. The highest BCUT2D eigenvalue weighted by Gasteiger charge is 2.26. The Labute approximate surface area is 114 Å². The first-order valence-corrected chi connectivity index (χ1v) is 8.24. The van der Waals surface area contributed by atoms with Crippen LogP contribution in [0.2, 0.25) is 0 Å². The molecule has 0 unspecified atom stereocenters. The van der Waals surface area contributed by atoms with Crippen LogP contribution < -0.4 is 0 Å². The van der Waals surface area contributed by atoms with Gasteiger partial charge in [-0.1, -0.05) is 0 Å². The minimum absolute atomic E-state index is 0.892. The Kier molecular flexibility index (Phi) is 4.78. The molecule has 0 atom stereocenters. The molecule has 0 aromatic heterocycles. The second-order valence-corrected chi connectivity index (χ2v) is 6.26. The van der Waals surface area contributed by atoms with Crippen molar-refractivity contribution in [2.75, 3.05) is 77.1 Å². The molecule has 6 heteroatoms. The van der Waals surface area contributed by atoms with Gasteiger partial charge in [-0.05, 0) is 0 Å². The van der Waals surface area contributed by atoms with Crippen molar-refractivity contribution in [3.05, 3.63) is 0 Å². The van der Waals surface area contributed by atoms with Crippen LogP contribution in [0.25, 0.3) is 0 Å². The molecule has 3 fully saturated rings. The highest BCUT2D eigenvalue weighted by molar-refractivity contribution is 7.99. The molecule has 3 aliphatic heterocycles. The van der Waals surface area contributed by atoms with E-state index in [0.717, 1.165) is 26.3 Å². The average Bonchev–Trinajstić information content (AvgIpc) is 2.49. The van der Waals surface area contributed by atoms with Crippen molar-refractivity contribution in [2.45, 2.75) is 0 Å². The summed E-state index contributed by atoms with van der Waals surface area (Å²) in [5, 5.41) is 10.1. The van der Waals surface area contributed by atoms with Crippen LogP contribution >= 0.6 is 11.8 Å². The molecule has 0 spiro atoms. The average molecular weight is 272 g/mol. The fraction of sp³-hybridized carbons (Fsp3) is 1.00. The van der Waals surface area contributed by atoms with E-state index in [-0.39, 0.29) is 0 Å². The van der Waals surface area contributed by atoms with Crippen LogP contribution in [0.1, 0.15) is 0 Å². The van der Waals surface area contributed by atoms with Gasteiger partial charge in [0.15, 0.2) is 0 Å². The zero-order valence-electron chi connectivity index (χ0n) is 11.1. The van der Waals surface area contributed by atoms with Crippen LogP contribution in [0.4, 0.5) is 0 Å². The van der Waals surface area contributed by atoms with Gasteiger partial charge in [0.05, 0.1) is 13.2 Å². The molecule has 5 nitrogen and oxygen atoms in total. The molecule has 3 heterocycles. The lowest BCUT2D eigenvalue weighted by Gasteiger charge is -2.46. The Hall–Kier alpha value is 0.150. The van der Waals surface area contributed by atoms with Crippen molar-refractivity contribution >= 4 is 11.8 Å². The topological polar surface area (TPSA) is 22.2 Å². The summed E-state index contributed by atoms with van der Waals surface area (Å²) >= 11 is 2.09. The molecule has 0 saturated carbocycles. The molecule has 0 bridgehead atoms. The lowest BCUT2D eigenvalue weighted by atomic mass is 10.3. The van der Waals surface area contributed by atoms with Gasteiger partial charge >= 0.3 is 0 Å². The van der Waals surface area contributed by atoms with Crippen molar-refractivity contribution in [1.82, 2.24) is 20.0 Å². The van der Waals surface area contributed by atoms with Crippen LogP contribution in [0.3, 0.4) is 0 Å². The molecule has 0 aromatic rings. The van der Waals surface area contributed by atoms with E-state index in [1.54, 1.807) is 0 Å². The van der Waals surface area contributed by atoms with Crippen molar-refractivity contribution in [1.29, 1.82) is 0 Å². The maximum Gasteiger partial charge on any atom is 0.0608 e. The number of nitrogens with zero attached hydrogens (tertiary/aromatic N) is 4. The monoisotopic (exact) mass is 272 g/mol. The van der Waals surface area contributed by atoms with Gasteiger partial charge in [-0.25, -0.2) is 20.0 Å². The van der Waals surface area contributed by atoms with Gasteiger partial charge < -0.3 is 4.74 Å². The molecule has 104 valence electrons. The first kappa shape index (κ1) is 13.1. The van der Waals surface area contributed by atoms with E-state index in [2.05, 4.69) is 31.8 Å². The predicted molar refractivity (Wildman–Crippen MR) is 74.4 cm³/mol. The number of morpholine rings is 1. The van der Waals surface area contributed by atoms with E-state index in [0.29, 0.717) is 0 Å². The third-order valence-electron chi connectivity index (χ3n) is 4.01. The van der Waals surface area contributed by atoms with Crippen LogP contribution in [0, 0.1) is 0 Å². The summed E-state index contributed by atoms with van der Waals surface area (Å²) in [5.74, 6) is 2.59. The normalized spacial score (nSPS) is 30.7. The number of hydrogen-bond donors (Lipinski definition) is 0. The summed E-state index contributed by atoms with van der Waals surface area (Å²) in [7, 11) is 0. The summed E-state index contributed by atoms with van der Waals surface area (Å²) in [6.07, 6.45) is 0. The number of thioether (sulfide) groups is 1. The van der Waals surface area contributed by atoms with E-state index in [9.17, 15) is 0 Å². The number of hydrazine groups is 2. The summed E-state index contributed by atoms with van der Waals surface area (Å²) in [6.45, 7) is 11.1. The van der Waals surface area contributed by atoms with Gasteiger partial charge in [-0.15, -0.1) is 0 Å². The third-order valence-corrected chi connectivity index (χ3v) is 4.95. The van der Waals surface area contributed by atoms with Crippen LogP contribution in [-0.4, -0.2) is 97.1 Å². The second kappa shape index (κ2) is 6.54. The molecule has 3 aliphatic rings. The lowest BCUT2D eigenvalue weighted by Crippen LogP contribution is -2.60. The summed E-state index contributed by atoms with van der Waals surface area (Å²) < 4.78 is 5.42. The van der Waals surface area contributed by atoms with Gasteiger partial charge in [0, 0.05) is 63.9 Å². The Morgan fingerprint density at radius 1 is 0.556 bits per heavy atom. The van der Waals surface area contributed by atoms with Gasteiger partial charge in [0.25, 0.3) is 0 Å². The van der Waals surface area contributed by atoms with E-state index in [1.165, 1.54) is 50.8 Å². The van der Waals surface area contributed by atoms with Crippen LogP contribution in [0.15, 0.2) is 0 Å². The standard InChI is InChI=1S/C12H24N4OS/c1-3-14(16-7-11-18-12-8-16)4-2-13(1)15-5-9-17-10-6-15/h1-12H2. The Morgan fingerprint density at radius 3 is 1.56 bits per heavy atom. The number of hydrogen-bond acceptors (Lipinski definition) is 6. The smallest absolute Gasteiger partial charge is 0.0608 e. The second-order valence-electron chi connectivity index (χ2n) is 5.04. The minimum atomic E-state index is 0.892. The van der Waals surface area contributed by atoms with Crippen molar-refractivity contribution in [3.8, 4) is 0 Å². The zero-order chi connectivity index (χ0) is 12.2. The summed E-state index contributed by atoms with van der Waals surface area (Å²) in [5.41, 5.74) is 0. The first-order chi connectivity index (χ1) is 8.93. The largest absolute Gasteiger partial charge is 0.379 e. The Balaban J connectivity index is 1.45. The first-order valence-electron chi connectivity index (χ1n) is 7.08. The Morgan fingerprint density at radius 2 is 1.00 bits per heavy atom. The summed E-state index contributed by atoms with van der Waals surface area (Å²) in [4.78, 5) is 0. The van der Waals surface area contributed by atoms with Gasteiger partial charge in [0.2, 0.25) is 0 Å². The SMILES string of the molecule is C1CN(N2CCN(N3CCSCC3)CC2)CCO1. The molecule has 18 heavy (non-hydrogen) atoms. The van der Waals surface area contributed by atoms with Crippen molar-refractivity contribution in [2.24, 2.45) is 0 Å². The molecule has 0 aliphatic carbocycles. The van der Waals surface area contributed by atoms with E-state index in [4.69, 9.17) is 4.74 Å². The molecule has 0 amide bonds. The molecule has 0 aromatic carbocycles. The maximum atomic E-state index is 5.42. The van der Waals surface area contributed by atoms with Crippen LogP contribution in [0.5, 0.6) is 0 Å². The Bertz CT molecular complexity index is 222. The van der Waals surface area contributed by atoms with Crippen LogP contribution in [-0.2, 0) is 4.74 Å². The highest BCUT2D eigenvalue weighted by atomic mass is 32.2. The van der Waals surface area contributed by atoms with Crippen molar-refractivity contribution < 1.29 is 4.74 Å². The molecule has 3 saturated heterocycles. The number of rotatable bonds is 2. The fourth-order valence-corrected chi connectivity index (χ4v) is 3.81. The number of piperazine rings is 1. The summed E-state index contributed by atoms with van der Waals surface area (Å²) in [6, 6.07) is 0. The van der Waals surface area contributed by atoms with E-state index in [1.807, 2.05) is 0 Å². The third kappa shape index (κ3) is 3.18. The zero-order valence-corrected chi connectivity index (χ0v) is 11.9. The molecular weight excluding hydrogens is 248 g/mol. The highest BCUT2D eigenvalue weighted by Crippen LogP contribution is 2.15. The van der Waals surface area contributed by atoms with Crippen molar-refractivity contribution in [3.63, 3.8) is 0 Å². The molecule has 0 N–H and O–H groups in total. The molecular formula is C12H24N4OS. The van der Waals surface area contributed by atoms with Gasteiger partial charge in [-0.2, -0.15) is 11.8 Å². The molecule has 0 radical (unpaired) electrons. The van der Waals surface area contributed by atoms with Gasteiger partial charge in [-0.3, -0.25) is 0 Å². The predicted octanol–water partition coefficient (Wildman–Crippen LogP) is -0.185. The minimum Gasteiger partial charge on any atom is -0.379 e. The molecule has 3 rings (SSSR count).